The summed E-state index contributed by atoms with van der Waals surface area (Å²) < 4.78 is 40.3. The van der Waals surface area contributed by atoms with Crippen LogP contribution in [0.3, 0.4) is 0 Å². The highest BCUT2D eigenvalue weighted by atomic mass is 32.2. The van der Waals surface area contributed by atoms with Gasteiger partial charge in [0.05, 0.1) is 23.9 Å². The van der Waals surface area contributed by atoms with E-state index < -0.39 is 9.84 Å². The molecule has 0 aliphatic rings. The van der Waals surface area contributed by atoms with E-state index in [2.05, 4.69) is 17.1 Å². The number of hydrogen-bond donors (Lipinski definition) is 0. The van der Waals surface area contributed by atoms with E-state index in [4.69, 9.17) is 9.47 Å². The number of ether oxygens (including phenoxy) is 2. The van der Waals surface area contributed by atoms with Crippen LogP contribution >= 0.6 is 0 Å². The molecule has 4 rings (SSSR count). The van der Waals surface area contributed by atoms with Crippen LogP contribution in [-0.2, 0) is 16.4 Å². The van der Waals surface area contributed by atoms with Crippen LogP contribution < -0.4 is 9.47 Å². The number of benzene rings is 2. The zero-order chi connectivity index (χ0) is 20.4. The van der Waals surface area contributed by atoms with Crippen molar-refractivity contribution in [2.24, 2.45) is 0 Å². The molecule has 8 nitrogen and oxygen atoms in total. The highest BCUT2D eigenvalue weighted by Crippen LogP contribution is 2.24. The van der Waals surface area contributed by atoms with E-state index in [0.29, 0.717) is 17.3 Å². The molecule has 0 fully saturated rings. The van der Waals surface area contributed by atoms with Crippen LogP contribution in [0.25, 0.3) is 16.8 Å². The van der Waals surface area contributed by atoms with Crippen molar-refractivity contribution in [3.05, 3.63) is 48.5 Å². The largest absolute Gasteiger partial charge is 0.497 e. The summed E-state index contributed by atoms with van der Waals surface area (Å²) in [6, 6.07) is 14.6. The molecule has 0 unspecified atom stereocenters. The van der Waals surface area contributed by atoms with Gasteiger partial charge >= 0.3 is 0 Å². The second kappa shape index (κ2) is 7.75. The van der Waals surface area contributed by atoms with Gasteiger partial charge in [0.15, 0.2) is 0 Å². The third-order valence-electron chi connectivity index (χ3n) is 4.68. The molecular weight excluding hydrogens is 392 g/mol. The number of aryl methyl sites for hydroxylation is 1. The molecule has 0 spiro atoms. The monoisotopic (exact) mass is 414 g/mol. The predicted molar refractivity (Wildman–Crippen MR) is 109 cm³/mol. The highest BCUT2D eigenvalue weighted by Gasteiger charge is 2.26. The van der Waals surface area contributed by atoms with Crippen LogP contribution in [0.4, 0.5) is 0 Å². The normalized spacial score (nSPS) is 11.9. The van der Waals surface area contributed by atoms with Gasteiger partial charge in [0.2, 0.25) is 15.6 Å². The minimum Gasteiger partial charge on any atom is -0.497 e. The van der Waals surface area contributed by atoms with Gasteiger partial charge in [0.1, 0.15) is 18.1 Å². The average Bonchev–Trinajstić information content (AvgIpc) is 3.29. The Labute approximate surface area is 168 Å². The van der Waals surface area contributed by atoms with E-state index in [1.807, 2.05) is 28.8 Å². The van der Waals surface area contributed by atoms with Crippen LogP contribution in [0.2, 0.25) is 0 Å². The van der Waals surface area contributed by atoms with Crippen LogP contribution in [0.5, 0.6) is 11.5 Å². The molecule has 152 valence electrons. The van der Waals surface area contributed by atoms with Gasteiger partial charge in [-0.3, -0.25) is 0 Å². The highest BCUT2D eigenvalue weighted by molar-refractivity contribution is 7.91. The number of fused-ring (bicyclic) bond motifs is 3. The first-order valence-electron chi connectivity index (χ1n) is 9.37. The van der Waals surface area contributed by atoms with Crippen molar-refractivity contribution < 1.29 is 17.9 Å². The maximum Gasteiger partial charge on any atom is 0.256 e. The van der Waals surface area contributed by atoms with Gasteiger partial charge in [-0.15, -0.1) is 10.2 Å². The second-order valence-corrected chi connectivity index (χ2v) is 8.60. The van der Waals surface area contributed by atoms with Gasteiger partial charge in [-0.1, -0.05) is 19.1 Å². The van der Waals surface area contributed by atoms with Crippen molar-refractivity contribution >= 4 is 26.6 Å². The Hall–Kier alpha value is -3.07. The molecule has 4 aromatic rings. The lowest BCUT2D eigenvalue weighted by molar-refractivity contribution is 0.339. The molecule has 9 heteroatoms. The van der Waals surface area contributed by atoms with Gasteiger partial charge in [-0.05, 0) is 42.8 Å². The Morgan fingerprint density at radius 3 is 2.34 bits per heavy atom. The molecule has 29 heavy (non-hydrogen) atoms. The number of imidazole rings is 1. The first-order valence-corrected chi connectivity index (χ1v) is 11.0. The molecular formula is C20H22N4O4S. The van der Waals surface area contributed by atoms with E-state index in [-0.39, 0.29) is 17.5 Å². The number of methoxy groups -OCH3 is 1. The zero-order valence-corrected chi connectivity index (χ0v) is 17.1. The fraction of sp³-hybridized carbons (Fsp3) is 0.300. The molecule has 0 radical (unpaired) electrons. The minimum atomic E-state index is -3.69. The topological polar surface area (TPSA) is 87.7 Å². The maximum atomic E-state index is 13.0. The summed E-state index contributed by atoms with van der Waals surface area (Å²) in [5.74, 6) is 1.61. The fourth-order valence-electron chi connectivity index (χ4n) is 3.31. The summed E-state index contributed by atoms with van der Waals surface area (Å²) in [4.78, 5) is 0. The first kappa shape index (κ1) is 19.3. The number of hydrogen-bond acceptors (Lipinski definition) is 6. The quantitative estimate of drug-likeness (QED) is 0.441. The number of nitrogens with zero attached hydrogens (tertiary/aromatic N) is 4. The van der Waals surface area contributed by atoms with Crippen molar-refractivity contribution in [3.8, 4) is 11.5 Å². The van der Waals surface area contributed by atoms with E-state index in [1.54, 1.807) is 35.8 Å². The zero-order valence-electron chi connectivity index (χ0n) is 16.3. The molecule has 0 saturated heterocycles. The number of para-hydroxylation sites is 2. The van der Waals surface area contributed by atoms with Gasteiger partial charge in [-0.2, -0.15) is 0 Å². The van der Waals surface area contributed by atoms with E-state index >= 15 is 0 Å². The number of rotatable bonds is 8. The van der Waals surface area contributed by atoms with Crippen molar-refractivity contribution in [2.45, 2.75) is 25.0 Å². The molecule has 0 atom stereocenters. The molecule has 2 heterocycles. The summed E-state index contributed by atoms with van der Waals surface area (Å²) in [7, 11) is -2.11. The molecule has 0 amide bonds. The van der Waals surface area contributed by atoms with Gasteiger partial charge in [-0.25, -0.2) is 12.8 Å². The van der Waals surface area contributed by atoms with Crippen molar-refractivity contribution in [3.63, 3.8) is 0 Å². The third kappa shape index (κ3) is 3.53. The van der Waals surface area contributed by atoms with Crippen LogP contribution in [-0.4, -0.2) is 47.1 Å². The standard InChI is InChI=1S/C20H22N4O4S/c1-3-12-23-17-6-4-5-7-18(17)24-19(23)21-22-20(24)29(25,26)14-13-28-16-10-8-15(27-2)9-11-16/h4-11H,3,12-14H2,1-2H3. The average molecular weight is 414 g/mol. The molecule has 2 aromatic heterocycles. The first-order chi connectivity index (χ1) is 14.0. The van der Waals surface area contributed by atoms with E-state index in [9.17, 15) is 8.42 Å². The van der Waals surface area contributed by atoms with E-state index in [0.717, 1.165) is 24.0 Å². The van der Waals surface area contributed by atoms with Crippen molar-refractivity contribution in [1.29, 1.82) is 0 Å². The molecule has 2 aromatic carbocycles. The molecule has 0 aliphatic heterocycles. The molecule has 0 N–H and O–H groups in total. The maximum absolute atomic E-state index is 13.0. The van der Waals surface area contributed by atoms with Crippen LogP contribution in [0.15, 0.2) is 53.7 Å². The van der Waals surface area contributed by atoms with Crippen molar-refractivity contribution in [1.82, 2.24) is 19.2 Å². The van der Waals surface area contributed by atoms with Crippen LogP contribution in [0.1, 0.15) is 13.3 Å². The van der Waals surface area contributed by atoms with E-state index in [1.165, 1.54) is 0 Å². The lowest BCUT2D eigenvalue weighted by Gasteiger charge is -2.07. The number of sulfone groups is 1. The van der Waals surface area contributed by atoms with Crippen LogP contribution in [0, 0.1) is 0 Å². The summed E-state index contributed by atoms with van der Waals surface area (Å²) in [5.41, 5.74) is 1.71. The summed E-state index contributed by atoms with van der Waals surface area (Å²) in [6.07, 6.45) is 0.902. The Kier molecular flexibility index (Phi) is 5.14. The fourth-order valence-corrected chi connectivity index (χ4v) is 4.42. The summed E-state index contributed by atoms with van der Waals surface area (Å²) in [6.45, 7) is 2.81. The molecule has 0 aliphatic carbocycles. The Balaban J connectivity index is 1.62. The second-order valence-electron chi connectivity index (χ2n) is 6.60. The van der Waals surface area contributed by atoms with Gasteiger partial charge in [0, 0.05) is 6.54 Å². The van der Waals surface area contributed by atoms with Gasteiger partial charge < -0.3 is 14.0 Å². The minimum absolute atomic E-state index is 0.0111. The summed E-state index contributed by atoms with van der Waals surface area (Å²) >= 11 is 0. The summed E-state index contributed by atoms with van der Waals surface area (Å²) in [5, 5.41) is 8.11. The SMILES string of the molecule is CCCn1c2ccccc2n2c(S(=O)(=O)CCOc3ccc(OC)cc3)nnc12. The Bertz CT molecular complexity index is 1240. The molecule has 0 saturated carbocycles. The third-order valence-corrected chi connectivity index (χ3v) is 6.20. The smallest absolute Gasteiger partial charge is 0.256 e. The Morgan fingerprint density at radius 1 is 0.966 bits per heavy atom. The van der Waals surface area contributed by atoms with Gasteiger partial charge in [0.25, 0.3) is 5.16 Å². The van der Waals surface area contributed by atoms with Crippen molar-refractivity contribution in [2.75, 3.05) is 19.5 Å². The predicted octanol–water partition coefficient (Wildman–Crippen LogP) is 2.96. The lowest BCUT2D eigenvalue weighted by Crippen LogP contribution is -2.16. The Morgan fingerprint density at radius 2 is 1.66 bits per heavy atom. The molecule has 0 bridgehead atoms. The number of aromatic nitrogens is 4. The lowest BCUT2D eigenvalue weighted by atomic mass is 10.3.